The van der Waals surface area contributed by atoms with Gasteiger partial charge in [0.1, 0.15) is 0 Å². The first-order chi connectivity index (χ1) is 13.3. The number of alkyl halides is 2. The molecule has 0 radical (unpaired) electrons. The van der Waals surface area contributed by atoms with Crippen molar-refractivity contribution in [2.45, 2.75) is 38.7 Å². The van der Waals surface area contributed by atoms with E-state index in [0.717, 1.165) is 12.8 Å². The van der Waals surface area contributed by atoms with E-state index in [9.17, 15) is 13.6 Å². The molecule has 1 saturated carbocycles. The molecule has 2 aliphatic rings. The number of halogens is 2. The third kappa shape index (κ3) is 4.02. The number of carbonyl (C=O) groups excluding carboxylic acids is 1. The summed E-state index contributed by atoms with van der Waals surface area (Å²) < 4.78 is 37.1. The summed E-state index contributed by atoms with van der Waals surface area (Å²) in [6.07, 6.45) is 3.37. The lowest BCUT2D eigenvalue weighted by atomic mass is 10.1. The maximum Gasteiger partial charge on any atom is 0.282 e. The number of ether oxygens (including phenoxy) is 1. The number of rotatable bonds is 7. The number of carbonyl (C=O) groups is 1. The lowest BCUT2D eigenvalue weighted by Crippen LogP contribution is -2.56. The van der Waals surface area contributed by atoms with E-state index in [2.05, 4.69) is 25.4 Å². The number of nitrogens with one attached hydrogen (secondary N) is 1. The molecule has 9 nitrogen and oxygen atoms in total. The van der Waals surface area contributed by atoms with Crippen molar-refractivity contribution in [3.05, 3.63) is 23.6 Å². The second-order valence-electron chi connectivity index (χ2n) is 7.22. The van der Waals surface area contributed by atoms with Crippen LogP contribution in [0.1, 0.15) is 49.4 Å². The Morgan fingerprint density at radius 3 is 2.82 bits per heavy atom. The summed E-state index contributed by atoms with van der Waals surface area (Å²) in [5.41, 5.74) is 0.0221. The average Bonchev–Trinajstić information content (AvgIpc) is 3.36. The van der Waals surface area contributed by atoms with Gasteiger partial charge in [-0.2, -0.15) is 4.98 Å². The van der Waals surface area contributed by atoms with Crippen molar-refractivity contribution >= 4 is 11.7 Å². The van der Waals surface area contributed by atoms with Gasteiger partial charge in [-0.05, 0) is 25.7 Å². The number of hydrogen-bond donors (Lipinski definition) is 1. The molecular weight excluding hydrogens is 374 g/mol. The molecule has 1 amide bonds. The SMILES string of the molecule is Cc1nc([C@@H](C)NC(=O)c2cnc(N3CC(F)(F)C3)c(OCC3CC3)n2)no1.[HH]. The van der Waals surface area contributed by atoms with Crippen molar-refractivity contribution in [1.82, 2.24) is 25.4 Å². The van der Waals surface area contributed by atoms with Gasteiger partial charge in [0.25, 0.3) is 17.7 Å². The quantitative estimate of drug-likeness (QED) is 0.759. The number of hydrogen-bond acceptors (Lipinski definition) is 8. The highest BCUT2D eigenvalue weighted by atomic mass is 19.3. The highest BCUT2D eigenvalue weighted by Crippen LogP contribution is 2.36. The van der Waals surface area contributed by atoms with Crippen LogP contribution in [-0.2, 0) is 0 Å². The molecule has 0 spiro atoms. The Balaban J connectivity index is 0.00000240. The lowest BCUT2D eigenvalue weighted by Gasteiger charge is -2.39. The van der Waals surface area contributed by atoms with Crippen LogP contribution in [0.2, 0.25) is 0 Å². The molecule has 1 saturated heterocycles. The van der Waals surface area contributed by atoms with Gasteiger partial charge in [0.2, 0.25) is 5.89 Å². The molecule has 2 aromatic rings. The smallest absolute Gasteiger partial charge is 0.282 e. The highest BCUT2D eigenvalue weighted by Gasteiger charge is 2.46. The van der Waals surface area contributed by atoms with Crippen LogP contribution < -0.4 is 15.0 Å². The monoisotopic (exact) mass is 396 g/mol. The van der Waals surface area contributed by atoms with Crippen LogP contribution in [0.4, 0.5) is 14.6 Å². The van der Waals surface area contributed by atoms with Gasteiger partial charge in [0, 0.05) is 8.35 Å². The van der Waals surface area contributed by atoms with Gasteiger partial charge in [-0.1, -0.05) is 5.16 Å². The molecule has 1 N–H and O–H groups in total. The van der Waals surface area contributed by atoms with Crippen molar-refractivity contribution < 1.29 is 24.3 Å². The predicted molar refractivity (Wildman–Crippen MR) is 94.4 cm³/mol. The fourth-order valence-corrected chi connectivity index (χ4v) is 2.76. The summed E-state index contributed by atoms with van der Waals surface area (Å²) >= 11 is 0. The van der Waals surface area contributed by atoms with Gasteiger partial charge in [-0.25, -0.2) is 18.7 Å². The molecule has 0 unspecified atom stereocenters. The third-order valence-corrected chi connectivity index (χ3v) is 4.53. The molecule has 2 fully saturated rings. The van der Waals surface area contributed by atoms with Crippen molar-refractivity contribution in [1.29, 1.82) is 0 Å². The minimum Gasteiger partial charge on any atom is -0.475 e. The summed E-state index contributed by atoms with van der Waals surface area (Å²) in [6.45, 7) is 2.90. The van der Waals surface area contributed by atoms with Crippen LogP contribution >= 0.6 is 0 Å². The standard InChI is InChI=1S/C17H20F2N6O3.H2/c1-9(13-22-10(2)28-24-13)21-15(26)12-5-20-14(25-7-17(18,19)8-25)16(23-12)27-6-11-3-4-11;/h5,9,11H,3-4,6-8H2,1-2H3,(H,21,26);1H/t9-;/m1./s1. The Morgan fingerprint density at radius 2 is 2.21 bits per heavy atom. The topological polar surface area (TPSA) is 106 Å². The Hall–Kier alpha value is -2.85. The van der Waals surface area contributed by atoms with Crippen molar-refractivity contribution in [2.24, 2.45) is 5.92 Å². The van der Waals surface area contributed by atoms with E-state index in [1.807, 2.05) is 0 Å². The molecule has 0 aromatic carbocycles. The predicted octanol–water partition coefficient (Wildman–Crippen LogP) is 2.15. The second-order valence-corrected chi connectivity index (χ2v) is 7.22. The Kier molecular flexibility index (Phi) is 4.60. The zero-order chi connectivity index (χ0) is 19.9. The lowest BCUT2D eigenvalue weighted by molar-refractivity contribution is -0.0270. The maximum atomic E-state index is 13.2. The van der Waals surface area contributed by atoms with Crippen molar-refractivity contribution in [3.63, 3.8) is 0 Å². The van der Waals surface area contributed by atoms with Gasteiger partial charge >= 0.3 is 0 Å². The van der Waals surface area contributed by atoms with E-state index in [0.29, 0.717) is 24.2 Å². The molecule has 0 bridgehead atoms. The molecule has 4 rings (SSSR count). The molecule has 152 valence electrons. The van der Waals surface area contributed by atoms with Crippen molar-refractivity contribution in [2.75, 3.05) is 24.6 Å². The first-order valence-electron chi connectivity index (χ1n) is 9.04. The van der Waals surface area contributed by atoms with Crippen LogP contribution in [0.15, 0.2) is 10.7 Å². The number of nitrogens with zero attached hydrogens (tertiary/aromatic N) is 5. The molecule has 2 aromatic heterocycles. The van der Waals surface area contributed by atoms with Crippen molar-refractivity contribution in [3.8, 4) is 5.88 Å². The summed E-state index contributed by atoms with van der Waals surface area (Å²) in [6, 6.07) is -0.503. The van der Waals surface area contributed by atoms with E-state index < -0.39 is 31.0 Å². The minimum atomic E-state index is -2.75. The Morgan fingerprint density at radius 1 is 1.46 bits per heavy atom. The summed E-state index contributed by atoms with van der Waals surface area (Å²) in [5.74, 6) is -1.76. The van der Waals surface area contributed by atoms with Crippen LogP contribution in [0.25, 0.3) is 0 Å². The summed E-state index contributed by atoms with van der Waals surface area (Å²) in [7, 11) is 0. The van der Waals surface area contributed by atoms with Crippen LogP contribution in [0, 0.1) is 12.8 Å². The molecule has 1 aliphatic carbocycles. The normalized spacial score (nSPS) is 19.1. The largest absolute Gasteiger partial charge is 0.475 e. The van der Waals surface area contributed by atoms with Gasteiger partial charge in [-0.15, -0.1) is 0 Å². The van der Waals surface area contributed by atoms with Gasteiger partial charge in [0.15, 0.2) is 17.3 Å². The molecule has 1 aliphatic heterocycles. The van der Waals surface area contributed by atoms with Crippen LogP contribution in [-0.4, -0.2) is 51.6 Å². The molecule has 1 atom stereocenters. The van der Waals surface area contributed by atoms with Gasteiger partial charge in [-0.3, -0.25) is 4.79 Å². The second kappa shape index (κ2) is 6.95. The number of amides is 1. The maximum absolute atomic E-state index is 13.2. The van der Waals surface area contributed by atoms with Gasteiger partial charge in [0.05, 0.1) is 31.9 Å². The fourth-order valence-electron chi connectivity index (χ4n) is 2.76. The highest BCUT2D eigenvalue weighted by molar-refractivity contribution is 5.92. The average molecular weight is 396 g/mol. The Labute approximate surface area is 161 Å². The van der Waals surface area contributed by atoms with E-state index in [1.165, 1.54) is 11.1 Å². The summed E-state index contributed by atoms with van der Waals surface area (Å²) in [5, 5.41) is 6.47. The molecule has 3 heterocycles. The fraction of sp³-hybridized carbons (Fsp3) is 0.588. The first-order valence-corrected chi connectivity index (χ1v) is 9.04. The van der Waals surface area contributed by atoms with E-state index in [4.69, 9.17) is 9.26 Å². The number of anilines is 1. The third-order valence-electron chi connectivity index (χ3n) is 4.53. The number of aromatic nitrogens is 4. The van der Waals surface area contributed by atoms with E-state index in [1.54, 1.807) is 13.8 Å². The van der Waals surface area contributed by atoms with E-state index in [-0.39, 0.29) is 18.8 Å². The Bertz CT molecular complexity index is 884. The summed E-state index contributed by atoms with van der Waals surface area (Å²) in [4.78, 5) is 26.4. The van der Waals surface area contributed by atoms with Crippen LogP contribution in [0.3, 0.4) is 0 Å². The molecular formula is C17H22F2N6O3. The molecule has 28 heavy (non-hydrogen) atoms. The van der Waals surface area contributed by atoms with Gasteiger partial charge < -0.3 is 19.5 Å². The zero-order valence-electron chi connectivity index (χ0n) is 15.5. The molecule has 11 heteroatoms. The first kappa shape index (κ1) is 18.5. The van der Waals surface area contributed by atoms with Crippen LogP contribution in [0.5, 0.6) is 5.88 Å². The zero-order valence-corrected chi connectivity index (χ0v) is 15.5. The van der Waals surface area contributed by atoms with E-state index >= 15 is 0 Å². The number of aryl methyl sites for hydroxylation is 1. The minimum absolute atomic E-state index is 0.